The molecule has 0 aromatic heterocycles. The first-order chi connectivity index (χ1) is 17.3. The Kier molecular flexibility index (Phi) is 6.57. The van der Waals surface area contributed by atoms with Gasteiger partial charge < -0.3 is 14.8 Å². The lowest BCUT2D eigenvalue weighted by Gasteiger charge is -2.51. The van der Waals surface area contributed by atoms with Gasteiger partial charge in [-0.05, 0) is 59.7 Å². The summed E-state index contributed by atoms with van der Waals surface area (Å²) < 4.78 is 46.5. The van der Waals surface area contributed by atoms with Crippen LogP contribution in [0.15, 0.2) is 48.0 Å². The zero-order valence-corrected chi connectivity index (χ0v) is 21.0. The van der Waals surface area contributed by atoms with Crippen molar-refractivity contribution in [1.29, 1.82) is 5.26 Å². The SMILES string of the molecule is COc1cc2c(cc1C(=O)NCc1ccc(OC(F)(F)F)cc1)CC[C@H]1C(C)(C)C(=O)C(C#N)=C[C@]21C. The van der Waals surface area contributed by atoms with E-state index in [-0.39, 0.29) is 29.6 Å². The van der Waals surface area contributed by atoms with Gasteiger partial charge in [0.15, 0.2) is 5.78 Å². The Morgan fingerprint density at radius 2 is 1.86 bits per heavy atom. The topological polar surface area (TPSA) is 88.4 Å². The van der Waals surface area contributed by atoms with Crippen molar-refractivity contribution in [3.05, 3.63) is 70.3 Å². The number of amides is 1. The van der Waals surface area contributed by atoms with Gasteiger partial charge in [-0.2, -0.15) is 5.26 Å². The number of hydrogen-bond donors (Lipinski definition) is 1. The molecule has 194 valence electrons. The standard InChI is InChI=1S/C28H27F3N2O4/c1-26(2)23-10-7-17-11-20(22(36-4)12-21(17)27(23,3)13-18(14-32)24(26)34)25(35)33-15-16-5-8-19(9-6-16)37-28(29,30)31/h5-6,8-9,11-13,23H,7,10,15H2,1-4H3,(H,33,35)/t23-,27+/m0/s1. The minimum atomic E-state index is -4.77. The number of nitriles is 1. The normalized spacial score (nSPS) is 22.2. The van der Waals surface area contributed by atoms with Crippen LogP contribution in [-0.2, 0) is 23.2 Å². The molecule has 6 nitrogen and oxygen atoms in total. The summed E-state index contributed by atoms with van der Waals surface area (Å²) in [4.78, 5) is 26.0. The van der Waals surface area contributed by atoms with Crippen molar-refractivity contribution in [1.82, 2.24) is 5.32 Å². The molecular formula is C28H27F3N2O4. The van der Waals surface area contributed by atoms with Gasteiger partial charge in [0, 0.05) is 17.4 Å². The first-order valence-corrected chi connectivity index (χ1v) is 11.8. The van der Waals surface area contributed by atoms with E-state index in [4.69, 9.17) is 4.74 Å². The van der Waals surface area contributed by atoms with E-state index in [1.165, 1.54) is 31.4 Å². The number of nitrogens with one attached hydrogen (secondary N) is 1. The molecule has 9 heteroatoms. The molecule has 4 rings (SSSR count). The second kappa shape index (κ2) is 9.25. The van der Waals surface area contributed by atoms with Crippen LogP contribution < -0.4 is 14.8 Å². The molecule has 2 aromatic rings. The number of hydrogen-bond acceptors (Lipinski definition) is 5. The van der Waals surface area contributed by atoms with Crippen LogP contribution in [0.2, 0.25) is 0 Å². The summed E-state index contributed by atoms with van der Waals surface area (Å²) in [6, 6.07) is 10.9. The number of carbonyl (C=O) groups is 2. The van der Waals surface area contributed by atoms with Crippen LogP contribution in [0.4, 0.5) is 13.2 Å². The number of aryl methyl sites for hydroxylation is 1. The van der Waals surface area contributed by atoms with Crippen molar-refractivity contribution in [2.45, 2.75) is 51.9 Å². The summed E-state index contributed by atoms with van der Waals surface area (Å²) in [6.07, 6.45) is -1.64. The third kappa shape index (κ3) is 4.80. The predicted molar refractivity (Wildman–Crippen MR) is 129 cm³/mol. The molecule has 2 aliphatic rings. The summed E-state index contributed by atoms with van der Waals surface area (Å²) in [6.45, 7) is 5.88. The number of alkyl halides is 3. The molecule has 1 amide bonds. The van der Waals surface area contributed by atoms with Crippen LogP contribution in [0.1, 0.15) is 54.2 Å². The van der Waals surface area contributed by atoms with Crippen molar-refractivity contribution in [2.24, 2.45) is 11.3 Å². The highest BCUT2D eigenvalue weighted by Crippen LogP contribution is 2.55. The van der Waals surface area contributed by atoms with Gasteiger partial charge in [0.2, 0.25) is 0 Å². The number of ketones is 1. The van der Waals surface area contributed by atoms with E-state index in [0.29, 0.717) is 23.3 Å². The number of halogens is 3. The molecule has 0 saturated carbocycles. The Bertz CT molecular complexity index is 1320. The third-order valence-corrected chi connectivity index (χ3v) is 7.55. The number of fused-ring (bicyclic) bond motifs is 3. The zero-order valence-electron chi connectivity index (χ0n) is 21.0. The number of nitrogens with zero attached hydrogens (tertiary/aromatic N) is 1. The minimum Gasteiger partial charge on any atom is -0.496 e. The smallest absolute Gasteiger partial charge is 0.496 e. The Balaban J connectivity index is 1.60. The van der Waals surface area contributed by atoms with E-state index in [1.807, 2.05) is 26.8 Å². The number of allylic oxidation sites excluding steroid dienone is 2. The van der Waals surface area contributed by atoms with Crippen molar-refractivity contribution < 1.29 is 32.2 Å². The largest absolute Gasteiger partial charge is 0.573 e. The lowest BCUT2D eigenvalue weighted by atomic mass is 9.51. The van der Waals surface area contributed by atoms with Crippen molar-refractivity contribution >= 4 is 11.7 Å². The van der Waals surface area contributed by atoms with Crippen LogP contribution in [0.3, 0.4) is 0 Å². The van der Waals surface area contributed by atoms with Gasteiger partial charge in [0.25, 0.3) is 5.91 Å². The summed E-state index contributed by atoms with van der Waals surface area (Å²) >= 11 is 0. The summed E-state index contributed by atoms with van der Waals surface area (Å²) in [5.41, 5.74) is 1.63. The number of carbonyl (C=O) groups excluding carboxylic acids is 2. The molecule has 0 saturated heterocycles. The molecule has 1 N–H and O–H groups in total. The van der Waals surface area contributed by atoms with E-state index in [0.717, 1.165) is 17.5 Å². The zero-order chi connectivity index (χ0) is 27.2. The second-order valence-electron chi connectivity index (χ2n) is 10.2. The average Bonchev–Trinajstić information content (AvgIpc) is 2.84. The maximum atomic E-state index is 13.1. The lowest BCUT2D eigenvalue weighted by Crippen LogP contribution is -2.51. The highest BCUT2D eigenvalue weighted by molar-refractivity contribution is 6.04. The van der Waals surface area contributed by atoms with E-state index in [2.05, 4.69) is 16.1 Å². The molecule has 0 unspecified atom stereocenters. The molecule has 0 aliphatic heterocycles. The molecular weight excluding hydrogens is 485 g/mol. The van der Waals surface area contributed by atoms with Crippen molar-refractivity contribution in [2.75, 3.05) is 7.11 Å². The van der Waals surface area contributed by atoms with E-state index in [1.54, 1.807) is 12.1 Å². The van der Waals surface area contributed by atoms with Crippen molar-refractivity contribution in [3.63, 3.8) is 0 Å². The number of methoxy groups -OCH3 is 1. The molecule has 2 aromatic carbocycles. The Morgan fingerprint density at radius 1 is 1.19 bits per heavy atom. The Hall–Kier alpha value is -3.80. The van der Waals surface area contributed by atoms with Crippen LogP contribution in [0.5, 0.6) is 11.5 Å². The Morgan fingerprint density at radius 3 is 2.46 bits per heavy atom. The highest BCUT2D eigenvalue weighted by atomic mass is 19.4. The first kappa shape index (κ1) is 26.3. The first-order valence-electron chi connectivity index (χ1n) is 11.8. The molecule has 0 fully saturated rings. The van der Waals surface area contributed by atoms with E-state index < -0.39 is 23.1 Å². The molecule has 2 aliphatic carbocycles. The van der Waals surface area contributed by atoms with Crippen LogP contribution in [0.25, 0.3) is 0 Å². The predicted octanol–water partition coefficient (Wildman–Crippen LogP) is 5.40. The molecule has 2 atom stereocenters. The highest BCUT2D eigenvalue weighted by Gasteiger charge is 2.54. The number of benzene rings is 2. The summed E-state index contributed by atoms with van der Waals surface area (Å²) in [7, 11) is 1.46. The average molecular weight is 513 g/mol. The van der Waals surface area contributed by atoms with Gasteiger partial charge in [0.1, 0.15) is 17.6 Å². The fourth-order valence-corrected chi connectivity index (χ4v) is 5.80. The minimum absolute atomic E-state index is 0.0224. The maximum absolute atomic E-state index is 13.1. The van der Waals surface area contributed by atoms with Crippen molar-refractivity contribution in [3.8, 4) is 17.6 Å². The fraction of sp³-hybridized carbons (Fsp3) is 0.393. The summed E-state index contributed by atoms with van der Waals surface area (Å²) in [5.74, 6) is -0.553. The maximum Gasteiger partial charge on any atom is 0.573 e. The van der Waals surface area contributed by atoms with Crippen LogP contribution in [-0.4, -0.2) is 25.2 Å². The van der Waals surface area contributed by atoms with Gasteiger partial charge in [-0.15, -0.1) is 13.2 Å². The molecule has 0 bridgehead atoms. The number of rotatable bonds is 5. The van der Waals surface area contributed by atoms with Gasteiger partial charge in [-0.3, -0.25) is 9.59 Å². The fourth-order valence-electron chi connectivity index (χ4n) is 5.80. The van der Waals surface area contributed by atoms with Gasteiger partial charge in [0.05, 0.1) is 18.2 Å². The third-order valence-electron chi connectivity index (χ3n) is 7.55. The van der Waals surface area contributed by atoms with Gasteiger partial charge in [-0.1, -0.05) is 39.0 Å². The van der Waals surface area contributed by atoms with Crippen LogP contribution in [0, 0.1) is 22.7 Å². The lowest BCUT2D eigenvalue weighted by molar-refractivity contribution is -0.274. The van der Waals surface area contributed by atoms with E-state index in [9.17, 15) is 28.0 Å². The van der Waals surface area contributed by atoms with Crippen LogP contribution >= 0.6 is 0 Å². The quantitative estimate of drug-likeness (QED) is 0.579. The van der Waals surface area contributed by atoms with Gasteiger partial charge in [-0.25, -0.2) is 0 Å². The molecule has 0 heterocycles. The molecule has 37 heavy (non-hydrogen) atoms. The Labute approximate surface area is 213 Å². The second-order valence-corrected chi connectivity index (χ2v) is 10.2. The number of Topliss-reactive ketones (excluding diaryl/α,β-unsaturated/α-hetero) is 1. The number of ether oxygens (including phenoxy) is 2. The van der Waals surface area contributed by atoms with E-state index >= 15 is 0 Å². The molecule has 0 radical (unpaired) electrons. The van der Waals surface area contributed by atoms with Gasteiger partial charge >= 0.3 is 6.36 Å². The monoisotopic (exact) mass is 512 g/mol. The molecule has 0 spiro atoms. The summed E-state index contributed by atoms with van der Waals surface area (Å²) in [5, 5.41) is 12.4.